The van der Waals surface area contributed by atoms with Crippen LogP contribution in [0.15, 0.2) is 54.6 Å². The molecule has 2 rings (SSSR count). The molecule has 0 saturated carbocycles. The fraction of sp³-hybridized carbons (Fsp3) is 0.250. The summed E-state index contributed by atoms with van der Waals surface area (Å²) in [6.45, 7) is 1.63. The lowest BCUT2D eigenvalue weighted by molar-refractivity contribution is -0.137. The lowest BCUT2D eigenvalue weighted by atomic mass is 9.87. The zero-order chi connectivity index (χ0) is 14.8. The van der Waals surface area contributed by atoms with Crippen LogP contribution in [-0.2, 0) is 6.18 Å². The van der Waals surface area contributed by atoms with Crippen molar-refractivity contribution in [1.29, 1.82) is 0 Å². The summed E-state index contributed by atoms with van der Waals surface area (Å²) in [5.41, 5.74) is 0.861. The molecule has 0 heterocycles. The van der Waals surface area contributed by atoms with Gasteiger partial charge in [0.1, 0.15) is 0 Å². The van der Waals surface area contributed by atoms with Crippen molar-refractivity contribution in [3.8, 4) is 0 Å². The van der Waals surface area contributed by atoms with Crippen LogP contribution in [0.3, 0.4) is 0 Å². The quantitative estimate of drug-likeness (QED) is 0.892. The third-order valence-electron chi connectivity index (χ3n) is 3.24. The van der Waals surface area contributed by atoms with E-state index in [9.17, 15) is 18.3 Å². The molecule has 0 aliphatic rings. The van der Waals surface area contributed by atoms with Gasteiger partial charge in [-0.3, -0.25) is 0 Å². The van der Waals surface area contributed by atoms with Crippen LogP contribution >= 0.6 is 0 Å². The molecule has 0 radical (unpaired) electrons. The molecule has 0 aliphatic carbocycles. The first-order valence-corrected chi connectivity index (χ1v) is 6.30. The van der Waals surface area contributed by atoms with E-state index in [1.807, 2.05) is 30.3 Å². The Hall–Kier alpha value is -1.81. The molecule has 0 spiro atoms. The van der Waals surface area contributed by atoms with Crippen molar-refractivity contribution >= 4 is 0 Å². The average molecular weight is 280 g/mol. The molecule has 0 aliphatic heterocycles. The number of alkyl halides is 3. The van der Waals surface area contributed by atoms with Gasteiger partial charge in [0.25, 0.3) is 0 Å². The Balaban J connectivity index is 2.37. The Morgan fingerprint density at radius 1 is 0.850 bits per heavy atom. The van der Waals surface area contributed by atoms with Crippen molar-refractivity contribution in [3.63, 3.8) is 0 Å². The fourth-order valence-corrected chi connectivity index (χ4v) is 2.29. The Bertz CT molecular complexity index is 544. The predicted molar refractivity (Wildman–Crippen MR) is 71.4 cm³/mol. The van der Waals surface area contributed by atoms with Gasteiger partial charge in [-0.05, 0) is 30.2 Å². The molecule has 2 aromatic carbocycles. The molecule has 0 amide bonds. The summed E-state index contributed by atoms with van der Waals surface area (Å²) in [5, 5.41) is 9.93. The van der Waals surface area contributed by atoms with Gasteiger partial charge in [-0.15, -0.1) is 0 Å². The zero-order valence-corrected chi connectivity index (χ0v) is 10.9. The number of hydrogen-bond donors (Lipinski definition) is 1. The van der Waals surface area contributed by atoms with E-state index in [0.717, 1.165) is 17.7 Å². The van der Waals surface area contributed by atoms with Crippen molar-refractivity contribution in [1.82, 2.24) is 0 Å². The van der Waals surface area contributed by atoms with Crippen molar-refractivity contribution in [2.24, 2.45) is 0 Å². The highest BCUT2D eigenvalue weighted by atomic mass is 19.4. The summed E-state index contributed by atoms with van der Waals surface area (Å²) in [7, 11) is 0. The van der Waals surface area contributed by atoms with Crippen molar-refractivity contribution in [2.45, 2.75) is 25.1 Å². The third kappa shape index (κ3) is 3.20. The highest BCUT2D eigenvalue weighted by Gasteiger charge is 2.30. The van der Waals surface area contributed by atoms with E-state index in [0.29, 0.717) is 5.56 Å². The first kappa shape index (κ1) is 14.6. The molecule has 20 heavy (non-hydrogen) atoms. The average Bonchev–Trinajstić information content (AvgIpc) is 2.39. The van der Waals surface area contributed by atoms with Gasteiger partial charge in [-0.25, -0.2) is 0 Å². The van der Waals surface area contributed by atoms with Gasteiger partial charge in [-0.2, -0.15) is 13.2 Å². The van der Waals surface area contributed by atoms with Crippen molar-refractivity contribution < 1.29 is 18.3 Å². The van der Waals surface area contributed by atoms with Crippen LogP contribution in [0.4, 0.5) is 13.2 Å². The number of aliphatic hydroxyl groups excluding tert-OH is 1. The minimum atomic E-state index is -4.34. The molecule has 106 valence electrons. The van der Waals surface area contributed by atoms with Gasteiger partial charge in [0.15, 0.2) is 0 Å². The molecule has 1 N–H and O–H groups in total. The molecule has 0 bridgehead atoms. The van der Waals surface area contributed by atoms with E-state index in [-0.39, 0.29) is 5.92 Å². The van der Waals surface area contributed by atoms with E-state index in [1.165, 1.54) is 12.1 Å². The van der Waals surface area contributed by atoms with E-state index < -0.39 is 17.8 Å². The van der Waals surface area contributed by atoms with E-state index in [4.69, 9.17) is 0 Å². The minimum absolute atomic E-state index is 0.335. The maximum absolute atomic E-state index is 12.6. The molecule has 1 nitrogen and oxygen atoms in total. The first-order valence-electron chi connectivity index (χ1n) is 6.30. The number of halogens is 3. The van der Waals surface area contributed by atoms with Crippen LogP contribution in [0.1, 0.15) is 29.5 Å². The molecular weight excluding hydrogens is 265 g/mol. The van der Waals surface area contributed by atoms with Crippen LogP contribution in [0.5, 0.6) is 0 Å². The second-order valence-corrected chi connectivity index (χ2v) is 4.75. The Kier molecular flexibility index (Phi) is 4.14. The van der Waals surface area contributed by atoms with E-state index in [2.05, 4.69) is 0 Å². The standard InChI is InChI=1S/C16H15F3O/c1-11(20)15(12-5-3-2-4-6-12)13-7-9-14(10-8-13)16(17,18)19/h2-11,15,20H,1H3/t11-,15-/m0/s1. The van der Waals surface area contributed by atoms with Crippen molar-refractivity contribution in [3.05, 3.63) is 71.3 Å². The Morgan fingerprint density at radius 3 is 1.80 bits per heavy atom. The van der Waals surface area contributed by atoms with Crippen LogP contribution in [0.25, 0.3) is 0 Å². The van der Waals surface area contributed by atoms with Crippen LogP contribution in [0.2, 0.25) is 0 Å². The Labute approximate surface area is 115 Å². The van der Waals surface area contributed by atoms with E-state index in [1.54, 1.807) is 6.92 Å². The topological polar surface area (TPSA) is 20.2 Å². The largest absolute Gasteiger partial charge is 0.416 e. The van der Waals surface area contributed by atoms with Gasteiger partial charge in [0.05, 0.1) is 11.7 Å². The summed E-state index contributed by atoms with van der Waals surface area (Å²) >= 11 is 0. The highest BCUT2D eigenvalue weighted by Crippen LogP contribution is 2.32. The Morgan fingerprint density at radius 2 is 1.35 bits per heavy atom. The lowest BCUT2D eigenvalue weighted by Gasteiger charge is -2.21. The van der Waals surface area contributed by atoms with E-state index >= 15 is 0 Å². The van der Waals surface area contributed by atoms with Crippen LogP contribution in [0, 0.1) is 0 Å². The highest BCUT2D eigenvalue weighted by molar-refractivity contribution is 5.35. The molecule has 2 atom stereocenters. The normalized spacial score (nSPS) is 14.8. The summed E-state index contributed by atoms with van der Waals surface area (Å²) in [6.07, 6.45) is -5.03. The molecule has 0 saturated heterocycles. The number of rotatable bonds is 3. The third-order valence-corrected chi connectivity index (χ3v) is 3.24. The molecule has 0 aromatic heterocycles. The molecule has 4 heteroatoms. The molecular formula is C16H15F3O. The monoisotopic (exact) mass is 280 g/mol. The minimum Gasteiger partial charge on any atom is -0.392 e. The predicted octanol–water partition coefficient (Wildman–Crippen LogP) is 4.22. The number of aliphatic hydroxyl groups is 1. The van der Waals surface area contributed by atoms with Gasteiger partial charge < -0.3 is 5.11 Å². The number of hydrogen-bond acceptors (Lipinski definition) is 1. The zero-order valence-electron chi connectivity index (χ0n) is 10.9. The summed E-state index contributed by atoms with van der Waals surface area (Å²) in [6, 6.07) is 14.2. The van der Waals surface area contributed by atoms with Gasteiger partial charge in [0.2, 0.25) is 0 Å². The smallest absolute Gasteiger partial charge is 0.392 e. The molecule has 2 aromatic rings. The lowest BCUT2D eigenvalue weighted by Crippen LogP contribution is -2.16. The maximum Gasteiger partial charge on any atom is 0.416 e. The summed E-state index contributed by atoms with van der Waals surface area (Å²) in [4.78, 5) is 0. The SMILES string of the molecule is C[C@H](O)[C@@H](c1ccccc1)c1ccc(C(F)(F)F)cc1. The number of benzene rings is 2. The van der Waals surface area contributed by atoms with Crippen molar-refractivity contribution in [2.75, 3.05) is 0 Å². The summed E-state index contributed by atoms with van der Waals surface area (Å²) in [5.74, 6) is -0.335. The summed E-state index contributed by atoms with van der Waals surface area (Å²) < 4.78 is 37.7. The molecule has 0 unspecified atom stereocenters. The van der Waals surface area contributed by atoms with Gasteiger partial charge in [0, 0.05) is 5.92 Å². The second kappa shape index (κ2) is 5.67. The van der Waals surface area contributed by atoms with Crippen LogP contribution < -0.4 is 0 Å². The van der Waals surface area contributed by atoms with Gasteiger partial charge in [-0.1, -0.05) is 42.5 Å². The molecule has 0 fully saturated rings. The van der Waals surface area contributed by atoms with Gasteiger partial charge >= 0.3 is 6.18 Å². The maximum atomic E-state index is 12.6. The van der Waals surface area contributed by atoms with Crippen LogP contribution in [-0.4, -0.2) is 11.2 Å². The fourth-order valence-electron chi connectivity index (χ4n) is 2.29. The second-order valence-electron chi connectivity index (χ2n) is 4.75. The first-order chi connectivity index (χ1) is 9.39.